The molecule has 0 aromatic rings. The maximum atomic E-state index is 10.1. The molecule has 0 N–H and O–H groups in total. The van der Waals surface area contributed by atoms with Crippen molar-refractivity contribution in [2.75, 3.05) is 0 Å². The summed E-state index contributed by atoms with van der Waals surface area (Å²) in [5, 5.41) is 1.59. The van der Waals surface area contributed by atoms with Gasteiger partial charge >= 0.3 is 0 Å². The molecule has 0 atom stereocenters. The van der Waals surface area contributed by atoms with Crippen LogP contribution in [0.1, 0.15) is 26.2 Å². The first-order valence-electron chi connectivity index (χ1n) is 4.61. The van der Waals surface area contributed by atoms with E-state index in [9.17, 15) is 4.79 Å². The molecule has 0 rings (SSSR count). The molecule has 0 aliphatic carbocycles. The number of unbranched alkanes of at least 4 members (excludes halogenated alkanes) is 1. The summed E-state index contributed by atoms with van der Waals surface area (Å²) in [6.07, 6.45) is 6.09. The Morgan fingerprint density at radius 1 is 1.33 bits per heavy atom. The van der Waals surface area contributed by atoms with Crippen LogP contribution in [0.5, 0.6) is 0 Å². The fourth-order valence-electron chi connectivity index (χ4n) is 1.33. The summed E-state index contributed by atoms with van der Waals surface area (Å²) in [5.41, 5.74) is 0. The zero-order valence-electron chi connectivity index (χ0n) is 8.68. The number of hydrogen-bond acceptors (Lipinski definition) is 1. The lowest BCUT2D eigenvalue weighted by Crippen LogP contribution is -2.23. The van der Waals surface area contributed by atoms with Crippen LogP contribution in [0, 0.1) is 0 Å². The minimum atomic E-state index is -1.09. The van der Waals surface area contributed by atoms with Crippen LogP contribution in [0.25, 0.3) is 0 Å². The largest absolute Gasteiger partial charge is 0.303 e. The van der Waals surface area contributed by atoms with Crippen LogP contribution in [-0.4, -0.2) is 14.4 Å². The quantitative estimate of drug-likeness (QED) is 0.364. The van der Waals surface area contributed by atoms with Crippen LogP contribution < -0.4 is 0 Å². The molecule has 2 heteroatoms. The number of carbonyl (C=O) groups excluding carboxylic acids is 1. The van der Waals surface area contributed by atoms with E-state index in [2.05, 4.69) is 32.6 Å². The normalized spacial score (nSPS) is 13.2. The average molecular weight is 184 g/mol. The lowest BCUT2D eigenvalue weighted by molar-refractivity contribution is -0.107. The van der Waals surface area contributed by atoms with Crippen molar-refractivity contribution in [1.29, 1.82) is 0 Å². The molecule has 0 saturated heterocycles. The van der Waals surface area contributed by atoms with Gasteiger partial charge in [0.05, 0.1) is 8.07 Å². The third-order valence-electron chi connectivity index (χ3n) is 2.08. The molecule has 0 bridgehead atoms. The minimum absolute atomic E-state index is 0.710. The third kappa shape index (κ3) is 4.49. The molecule has 0 aliphatic rings. The smallest absolute Gasteiger partial charge is 0.120 e. The number of carbonyl (C=O) groups is 1. The average Bonchev–Trinajstić information content (AvgIpc) is 1.95. The molecule has 1 nitrogen and oxygen atoms in total. The minimum Gasteiger partial charge on any atom is -0.303 e. The summed E-state index contributed by atoms with van der Waals surface area (Å²) in [7, 11) is -1.09. The second-order valence-electron chi connectivity index (χ2n) is 4.12. The van der Waals surface area contributed by atoms with Gasteiger partial charge in [0.25, 0.3) is 0 Å². The Labute approximate surface area is 76.9 Å². The Balaban J connectivity index is 3.95. The Kier molecular flexibility index (Phi) is 5.14. The molecule has 0 spiro atoms. The number of hydrogen-bond donors (Lipinski definition) is 0. The molecule has 0 aromatic heterocycles. The van der Waals surface area contributed by atoms with Crippen molar-refractivity contribution in [3.8, 4) is 0 Å². The summed E-state index contributed by atoms with van der Waals surface area (Å²) in [4.78, 5) is 10.1. The van der Waals surface area contributed by atoms with Gasteiger partial charge in [-0.1, -0.05) is 30.9 Å². The van der Waals surface area contributed by atoms with Crippen LogP contribution in [0.15, 0.2) is 11.3 Å². The fourth-order valence-corrected chi connectivity index (χ4v) is 3.12. The SMILES string of the molecule is C/C=C(/CCCC=O)[Si](C)(C)C. The van der Waals surface area contributed by atoms with Gasteiger partial charge in [0.1, 0.15) is 6.29 Å². The van der Waals surface area contributed by atoms with E-state index in [4.69, 9.17) is 0 Å². The Hall–Kier alpha value is -0.373. The van der Waals surface area contributed by atoms with Gasteiger partial charge in [-0.05, 0) is 19.8 Å². The molecule has 0 radical (unpaired) electrons. The zero-order valence-corrected chi connectivity index (χ0v) is 9.68. The van der Waals surface area contributed by atoms with Crippen molar-refractivity contribution in [2.24, 2.45) is 0 Å². The Bertz CT molecular complexity index is 165. The highest BCUT2D eigenvalue weighted by atomic mass is 28.3. The van der Waals surface area contributed by atoms with Crippen LogP contribution in [0.4, 0.5) is 0 Å². The number of rotatable bonds is 5. The second kappa shape index (κ2) is 5.30. The van der Waals surface area contributed by atoms with Crippen molar-refractivity contribution in [3.63, 3.8) is 0 Å². The van der Waals surface area contributed by atoms with Crippen molar-refractivity contribution in [1.82, 2.24) is 0 Å². The first-order chi connectivity index (χ1) is 5.52. The van der Waals surface area contributed by atoms with Crippen LogP contribution in [0.3, 0.4) is 0 Å². The van der Waals surface area contributed by atoms with E-state index in [0.29, 0.717) is 6.42 Å². The predicted molar refractivity (Wildman–Crippen MR) is 57.0 cm³/mol. The van der Waals surface area contributed by atoms with Gasteiger partial charge in [-0.15, -0.1) is 0 Å². The second-order valence-corrected chi connectivity index (χ2v) is 9.27. The standard InChI is InChI=1S/C10H20OSi/c1-5-10(12(2,3)4)8-6-7-9-11/h5,9H,6-8H2,1-4H3/b10-5-. The first kappa shape index (κ1) is 11.6. The van der Waals surface area contributed by atoms with Gasteiger partial charge in [-0.3, -0.25) is 0 Å². The summed E-state index contributed by atoms with van der Waals surface area (Å²) < 4.78 is 0. The van der Waals surface area contributed by atoms with E-state index in [1.807, 2.05) is 0 Å². The maximum absolute atomic E-state index is 10.1. The van der Waals surface area contributed by atoms with Gasteiger partial charge in [0.2, 0.25) is 0 Å². The topological polar surface area (TPSA) is 17.1 Å². The summed E-state index contributed by atoms with van der Waals surface area (Å²) in [5.74, 6) is 0. The highest BCUT2D eigenvalue weighted by Crippen LogP contribution is 2.19. The van der Waals surface area contributed by atoms with Crippen molar-refractivity contribution in [3.05, 3.63) is 11.3 Å². The predicted octanol–water partition coefficient (Wildman–Crippen LogP) is 3.18. The molecule has 0 aromatic carbocycles. The highest BCUT2D eigenvalue weighted by Gasteiger charge is 2.17. The molecule has 0 saturated carbocycles. The van der Waals surface area contributed by atoms with E-state index in [-0.39, 0.29) is 0 Å². The summed E-state index contributed by atoms with van der Waals surface area (Å²) in [6.45, 7) is 9.16. The molecule has 0 fully saturated rings. The van der Waals surface area contributed by atoms with Crippen LogP contribution >= 0.6 is 0 Å². The summed E-state index contributed by atoms with van der Waals surface area (Å²) >= 11 is 0. The van der Waals surface area contributed by atoms with Crippen molar-refractivity contribution in [2.45, 2.75) is 45.8 Å². The van der Waals surface area contributed by atoms with Gasteiger partial charge < -0.3 is 4.79 Å². The molecular weight excluding hydrogens is 164 g/mol. The van der Waals surface area contributed by atoms with Gasteiger partial charge in [0.15, 0.2) is 0 Å². The molecule has 70 valence electrons. The van der Waals surface area contributed by atoms with Gasteiger partial charge in [-0.2, -0.15) is 0 Å². The first-order valence-corrected chi connectivity index (χ1v) is 8.11. The maximum Gasteiger partial charge on any atom is 0.120 e. The molecule has 0 amide bonds. The number of aldehydes is 1. The summed E-state index contributed by atoms with van der Waals surface area (Å²) in [6, 6.07) is 0. The van der Waals surface area contributed by atoms with Crippen LogP contribution in [-0.2, 0) is 4.79 Å². The van der Waals surface area contributed by atoms with Gasteiger partial charge in [0, 0.05) is 6.42 Å². The lowest BCUT2D eigenvalue weighted by atomic mass is 10.2. The van der Waals surface area contributed by atoms with E-state index < -0.39 is 8.07 Å². The molecule has 0 aliphatic heterocycles. The van der Waals surface area contributed by atoms with Gasteiger partial charge in [-0.25, -0.2) is 0 Å². The monoisotopic (exact) mass is 184 g/mol. The fraction of sp³-hybridized carbons (Fsp3) is 0.700. The molecule has 0 heterocycles. The van der Waals surface area contributed by atoms with E-state index in [0.717, 1.165) is 19.1 Å². The lowest BCUT2D eigenvalue weighted by Gasteiger charge is -2.20. The van der Waals surface area contributed by atoms with Crippen molar-refractivity contribution < 1.29 is 4.79 Å². The Morgan fingerprint density at radius 2 is 1.92 bits per heavy atom. The van der Waals surface area contributed by atoms with E-state index >= 15 is 0 Å². The van der Waals surface area contributed by atoms with Crippen LogP contribution in [0.2, 0.25) is 19.6 Å². The van der Waals surface area contributed by atoms with E-state index in [1.54, 1.807) is 5.20 Å². The molecule has 0 unspecified atom stereocenters. The number of allylic oxidation sites excluding steroid dienone is 2. The molecular formula is C10H20OSi. The highest BCUT2D eigenvalue weighted by molar-refractivity contribution is 6.83. The third-order valence-corrected chi connectivity index (χ3v) is 4.55. The molecule has 12 heavy (non-hydrogen) atoms. The van der Waals surface area contributed by atoms with Crippen molar-refractivity contribution >= 4 is 14.4 Å². The Morgan fingerprint density at radius 3 is 2.25 bits per heavy atom. The van der Waals surface area contributed by atoms with E-state index in [1.165, 1.54) is 0 Å². The zero-order chi connectivity index (χ0) is 9.61.